The van der Waals surface area contributed by atoms with E-state index in [9.17, 15) is 4.79 Å². The molecular formula is C18H13N3O4. The van der Waals surface area contributed by atoms with Gasteiger partial charge in [0.25, 0.3) is 5.89 Å². The molecule has 2 aromatic carbocycles. The number of aromatic nitrogens is 2. The first-order valence-electron chi connectivity index (χ1n) is 7.34. The number of benzene rings is 2. The van der Waals surface area contributed by atoms with Crippen LogP contribution in [0.5, 0.6) is 5.75 Å². The first-order chi connectivity index (χ1) is 12.2. The number of carbonyl (C=O) groups excluding carboxylic acids is 1. The topological polar surface area (TPSA) is 98.2 Å². The Morgan fingerprint density at radius 3 is 2.76 bits per heavy atom. The maximum Gasteiger partial charge on any atom is 0.338 e. The van der Waals surface area contributed by atoms with E-state index in [1.807, 2.05) is 6.07 Å². The molecule has 0 aliphatic heterocycles. The zero-order chi connectivity index (χ0) is 17.6. The van der Waals surface area contributed by atoms with E-state index in [0.29, 0.717) is 11.4 Å². The summed E-state index contributed by atoms with van der Waals surface area (Å²) in [5, 5.41) is 12.7. The lowest BCUT2D eigenvalue weighted by Crippen LogP contribution is -2.05. The molecule has 0 bridgehead atoms. The standard InChI is InChI=1S/C18H13N3O4/c1-23-15-7-5-13(6-8-15)17-20-16(25-21-17)11-24-18(22)14-4-2-3-12(9-14)10-19/h2-9H,11H2,1H3. The molecule has 0 N–H and O–H groups in total. The van der Waals surface area contributed by atoms with Gasteiger partial charge in [0.2, 0.25) is 5.82 Å². The number of ether oxygens (including phenoxy) is 2. The Balaban J connectivity index is 1.65. The second-order valence-electron chi connectivity index (χ2n) is 5.01. The van der Waals surface area contributed by atoms with Gasteiger partial charge in [0.15, 0.2) is 6.61 Å². The molecule has 0 radical (unpaired) electrons. The Hall–Kier alpha value is -3.66. The summed E-state index contributed by atoms with van der Waals surface area (Å²) in [6.07, 6.45) is 0. The molecule has 0 amide bonds. The second kappa shape index (κ2) is 7.27. The van der Waals surface area contributed by atoms with Crippen LogP contribution in [-0.2, 0) is 11.3 Å². The van der Waals surface area contributed by atoms with Crippen molar-refractivity contribution in [1.82, 2.24) is 10.1 Å². The summed E-state index contributed by atoms with van der Waals surface area (Å²) < 4.78 is 15.3. The predicted molar refractivity (Wildman–Crippen MR) is 86.6 cm³/mol. The lowest BCUT2D eigenvalue weighted by molar-refractivity contribution is 0.0430. The van der Waals surface area contributed by atoms with Crippen molar-refractivity contribution in [2.75, 3.05) is 7.11 Å². The summed E-state index contributed by atoms with van der Waals surface area (Å²) in [4.78, 5) is 16.2. The molecule has 124 valence electrons. The van der Waals surface area contributed by atoms with Crippen LogP contribution in [0, 0.1) is 11.3 Å². The zero-order valence-corrected chi connectivity index (χ0v) is 13.3. The Morgan fingerprint density at radius 1 is 1.24 bits per heavy atom. The van der Waals surface area contributed by atoms with Crippen molar-refractivity contribution in [3.8, 4) is 23.2 Å². The average molecular weight is 335 g/mol. The minimum atomic E-state index is -0.568. The number of nitriles is 1. The van der Waals surface area contributed by atoms with Gasteiger partial charge in [0.05, 0.1) is 24.3 Å². The van der Waals surface area contributed by atoms with Gasteiger partial charge in [-0.2, -0.15) is 10.2 Å². The smallest absolute Gasteiger partial charge is 0.338 e. The molecule has 7 heteroatoms. The van der Waals surface area contributed by atoms with Crippen LogP contribution in [0.4, 0.5) is 0 Å². The van der Waals surface area contributed by atoms with E-state index >= 15 is 0 Å². The van der Waals surface area contributed by atoms with E-state index in [1.54, 1.807) is 49.6 Å². The van der Waals surface area contributed by atoms with Crippen molar-refractivity contribution in [2.24, 2.45) is 0 Å². The quantitative estimate of drug-likeness (QED) is 0.661. The highest BCUT2D eigenvalue weighted by Crippen LogP contribution is 2.20. The molecule has 25 heavy (non-hydrogen) atoms. The number of carbonyl (C=O) groups is 1. The van der Waals surface area contributed by atoms with Crippen LogP contribution in [0.3, 0.4) is 0 Å². The van der Waals surface area contributed by atoms with Gasteiger partial charge in [0, 0.05) is 5.56 Å². The molecule has 0 saturated heterocycles. The number of hydrogen-bond acceptors (Lipinski definition) is 7. The van der Waals surface area contributed by atoms with Crippen LogP contribution in [0.1, 0.15) is 21.8 Å². The first kappa shape index (κ1) is 16.2. The third kappa shape index (κ3) is 3.82. The summed E-state index contributed by atoms with van der Waals surface area (Å²) in [6, 6.07) is 15.4. The largest absolute Gasteiger partial charge is 0.497 e. The van der Waals surface area contributed by atoms with Crippen LogP contribution in [-0.4, -0.2) is 23.2 Å². The van der Waals surface area contributed by atoms with Crippen LogP contribution in [0.15, 0.2) is 53.1 Å². The van der Waals surface area contributed by atoms with Crippen molar-refractivity contribution in [2.45, 2.75) is 6.61 Å². The molecule has 0 unspecified atom stereocenters. The molecule has 3 aromatic rings. The Bertz CT molecular complexity index is 926. The molecule has 0 aliphatic rings. The van der Waals surface area contributed by atoms with E-state index in [2.05, 4.69) is 10.1 Å². The van der Waals surface area contributed by atoms with Gasteiger partial charge in [-0.25, -0.2) is 4.79 Å². The monoisotopic (exact) mass is 335 g/mol. The lowest BCUT2D eigenvalue weighted by atomic mass is 10.1. The van der Waals surface area contributed by atoms with Gasteiger partial charge in [-0.05, 0) is 42.5 Å². The van der Waals surface area contributed by atoms with Crippen LogP contribution < -0.4 is 4.74 Å². The summed E-state index contributed by atoms with van der Waals surface area (Å²) in [7, 11) is 1.59. The molecule has 0 aliphatic carbocycles. The molecule has 3 rings (SSSR count). The predicted octanol–water partition coefficient (Wildman–Crippen LogP) is 2.97. The van der Waals surface area contributed by atoms with Crippen molar-refractivity contribution in [1.29, 1.82) is 5.26 Å². The highest BCUT2D eigenvalue weighted by Gasteiger charge is 2.13. The van der Waals surface area contributed by atoms with Gasteiger partial charge >= 0.3 is 5.97 Å². The fourth-order valence-corrected chi connectivity index (χ4v) is 2.10. The normalized spacial score (nSPS) is 10.1. The minimum Gasteiger partial charge on any atom is -0.497 e. The van der Waals surface area contributed by atoms with E-state index in [-0.39, 0.29) is 18.1 Å². The molecule has 1 aromatic heterocycles. The Morgan fingerprint density at radius 2 is 2.04 bits per heavy atom. The molecule has 0 saturated carbocycles. The molecular weight excluding hydrogens is 322 g/mol. The number of methoxy groups -OCH3 is 1. The second-order valence-corrected chi connectivity index (χ2v) is 5.01. The van der Waals surface area contributed by atoms with Crippen molar-refractivity contribution in [3.05, 3.63) is 65.5 Å². The molecule has 7 nitrogen and oxygen atoms in total. The van der Waals surface area contributed by atoms with Crippen LogP contribution in [0.2, 0.25) is 0 Å². The SMILES string of the molecule is COc1ccc(-c2noc(COC(=O)c3cccc(C#N)c3)n2)cc1. The summed E-state index contributed by atoms with van der Waals surface area (Å²) in [5.74, 6) is 0.720. The van der Waals surface area contributed by atoms with Gasteiger partial charge in [0.1, 0.15) is 5.75 Å². The Kier molecular flexibility index (Phi) is 4.72. The summed E-state index contributed by atoms with van der Waals surface area (Å²) in [5.41, 5.74) is 1.42. The van der Waals surface area contributed by atoms with E-state index < -0.39 is 5.97 Å². The molecule has 1 heterocycles. The molecule has 0 fully saturated rings. The van der Waals surface area contributed by atoms with E-state index in [0.717, 1.165) is 11.3 Å². The molecule has 0 atom stereocenters. The van der Waals surface area contributed by atoms with Crippen LogP contribution >= 0.6 is 0 Å². The van der Waals surface area contributed by atoms with Gasteiger partial charge < -0.3 is 14.0 Å². The fraction of sp³-hybridized carbons (Fsp3) is 0.111. The maximum atomic E-state index is 12.0. The molecule has 0 spiro atoms. The first-order valence-corrected chi connectivity index (χ1v) is 7.34. The highest BCUT2D eigenvalue weighted by atomic mass is 16.6. The van der Waals surface area contributed by atoms with Gasteiger partial charge in [-0.15, -0.1) is 0 Å². The van der Waals surface area contributed by atoms with Crippen molar-refractivity contribution in [3.63, 3.8) is 0 Å². The van der Waals surface area contributed by atoms with Gasteiger partial charge in [-0.1, -0.05) is 11.2 Å². The Labute approximate surface area is 143 Å². The van der Waals surface area contributed by atoms with Gasteiger partial charge in [-0.3, -0.25) is 0 Å². The summed E-state index contributed by atoms with van der Waals surface area (Å²) >= 11 is 0. The van der Waals surface area contributed by atoms with Crippen molar-refractivity contribution < 1.29 is 18.8 Å². The zero-order valence-electron chi connectivity index (χ0n) is 13.3. The lowest BCUT2D eigenvalue weighted by Gasteiger charge is -2.01. The maximum absolute atomic E-state index is 12.0. The van der Waals surface area contributed by atoms with Crippen molar-refractivity contribution >= 4 is 5.97 Å². The van der Waals surface area contributed by atoms with E-state index in [1.165, 1.54) is 6.07 Å². The number of esters is 1. The number of nitrogens with zero attached hydrogens (tertiary/aromatic N) is 3. The summed E-state index contributed by atoms with van der Waals surface area (Å²) in [6.45, 7) is -0.154. The fourth-order valence-electron chi connectivity index (χ4n) is 2.10. The van der Waals surface area contributed by atoms with Crippen LogP contribution in [0.25, 0.3) is 11.4 Å². The third-order valence-electron chi connectivity index (χ3n) is 3.37. The number of rotatable bonds is 5. The van der Waals surface area contributed by atoms with E-state index in [4.69, 9.17) is 19.3 Å². The number of hydrogen-bond donors (Lipinski definition) is 0. The third-order valence-corrected chi connectivity index (χ3v) is 3.37. The average Bonchev–Trinajstić information content (AvgIpc) is 3.15. The minimum absolute atomic E-state index is 0.154. The highest BCUT2D eigenvalue weighted by molar-refractivity contribution is 5.89.